The quantitative estimate of drug-likeness (QED) is 0.272. The van der Waals surface area contributed by atoms with Gasteiger partial charge in [0.05, 0.1) is 18.8 Å². The molecule has 1 saturated carbocycles. The maximum Gasteiger partial charge on any atom is 0.303 e. The normalized spacial score (nSPS) is 28.9. The highest BCUT2D eigenvalue weighted by Gasteiger charge is 2.50. The van der Waals surface area contributed by atoms with Crippen LogP contribution in [0.5, 0.6) is 0 Å². The summed E-state index contributed by atoms with van der Waals surface area (Å²) in [7, 11) is 0. The number of aliphatic hydroxyl groups excluding tert-OH is 1. The number of rotatable bonds is 11. The minimum absolute atomic E-state index is 0.00233. The lowest BCUT2D eigenvalue weighted by atomic mass is 9.65. The van der Waals surface area contributed by atoms with Crippen LogP contribution in [0.25, 0.3) is 0 Å². The molecule has 2 aliphatic heterocycles. The van der Waals surface area contributed by atoms with E-state index in [1.54, 1.807) is 0 Å². The van der Waals surface area contributed by atoms with Crippen LogP contribution in [0.15, 0.2) is 48.5 Å². The molecule has 3 fully saturated rings. The number of aliphatic carboxylic acids is 1. The van der Waals surface area contributed by atoms with Crippen LogP contribution in [-0.2, 0) is 25.7 Å². The number of nitrogens with one attached hydrogen (secondary N) is 1. The van der Waals surface area contributed by atoms with Crippen molar-refractivity contribution in [2.24, 2.45) is 10.8 Å². The van der Waals surface area contributed by atoms with Crippen LogP contribution < -0.4 is 5.32 Å². The molecule has 2 aromatic rings. The molecule has 0 aromatic heterocycles. The summed E-state index contributed by atoms with van der Waals surface area (Å²) in [6, 6.07) is 16.1. The molecule has 2 heterocycles. The standard InChI is InChI=1S/C34H46N2O6/c1-33(2)17-27-18-34(3,21-33)22-36(27)19-28-16-29(24-10-8-23(20-37)9-11-24)42-32(41-28)25-12-14-26(15-13-25)35-30(38)6-4-5-7-31(39)40/h8-15,27-29,32,37H,4-7,16-22H2,1-3H3,(H,35,38)(H,39,40)/t27?,28-,29+,32+,34?/m1/s1. The van der Waals surface area contributed by atoms with Crippen molar-refractivity contribution >= 4 is 17.6 Å². The van der Waals surface area contributed by atoms with E-state index in [-0.39, 0.29) is 37.6 Å². The number of hydrogen-bond donors (Lipinski definition) is 3. The number of nitrogens with zero attached hydrogens (tertiary/aromatic N) is 1. The summed E-state index contributed by atoms with van der Waals surface area (Å²) in [5, 5.41) is 21.2. The number of aliphatic hydroxyl groups is 1. The van der Waals surface area contributed by atoms with Gasteiger partial charge in [-0.25, -0.2) is 0 Å². The molecule has 0 spiro atoms. The smallest absolute Gasteiger partial charge is 0.303 e. The molecule has 2 bridgehead atoms. The van der Waals surface area contributed by atoms with Gasteiger partial charge < -0.3 is 25.0 Å². The van der Waals surface area contributed by atoms with Crippen LogP contribution in [0.3, 0.4) is 0 Å². The average Bonchev–Trinajstić information content (AvgIpc) is 3.18. The summed E-state index contributed by atoms with van der Waals surface area (Å²) in [4.78, 5) is 25.6. The second-order valence-electron chi connectivity index (χ2n) is 13.8. The van der Waals surface area contributed by atoms with Gasteiger partial charge in [-0.1, -0.05) is 57.2 Å². The van der Waals surface area contributed by atoms with E-state index in [0.717, 1.165) is 36.2 Å². The fourth-order valence-corrected chi connectivity index (χ4v) is 7.59. The van der Waals surface area contributed by atoms with E-state index in [0.29, 0.717) is 35.4 Å². The van der Waals surface area contributed by atoms with Crippen LogP contribution in [-0.4, -0.2) is 52.2 Å². The number of likely N-dealkylation sites (tertiary alicyclic amines) is 1. The second kappa shape index (κ2) is 12.8. The first-order chi connectivity index (χ1) is 20.0. The van der Waals surface area contributed by atoms with Gasteiger partial charge in [0.2, 0.25) is 5.91 Å². The third-order valence-corrected chi connectivity index (χ3v) is 9.09. The number of ether oxygens (including phenoxy) is 2. The van der Waals surface area contributed by atoms with E-state index < -0.39 is 12.3 Å². The van der Waals surface area contributed by atoms with Crippen molar-refractivity contribution in [3.8, 4) is 0 Å². The number of carbonyl (C=O) groups is 2. The summed E-state index contributed by atoms with van der Waals surface area (Å²) in [6.45, 7) is 9.23. The zero-order valence-corrected chi connectivity index (χ0v) is 25.2. The third kappa shape index (κ3) is 7.78. The highest BCUT2D eigenvalue weighted by Crippen LogP contribution is 2.53. The minimum Gasteiger partial charge on any atom is -0.481 e. The number of carboxylic acid groups (broad SMARTS) is 1. The Bertz CT molecular complexity index is 1230. The molecule has 1 amide bonds. The molecule has 0 radical (unpaired) electrons. The molecule has 1 aliphatic carbocycles. The summed E-state index contributed by atoms with van der Waals surface area (Å²) in [5.74, 6) is -0.969. The summed E-state index contributed by atoms with van der Waals surface area (Å²) in [5.41, 5.74) is 4.24. The Morgan fingerprint density at radius 2 is 1.64 bits per heavy atom. The number of fused-ring (bicyclic) bond motifs is 2. The lowest BCUT2D eigenvalue weighted by Gasteiger charge is -2.41. The zero-order chi connectivity index (χ0) is 29.9. The monoisotopic (exact) mass is 578 g/mol. The Morgan fingerprint density at radius 3 is 2.33 bits per heavy atom. The fourth-order valence-electron chi connectivity index (χ4n) is 7.59. The van der Waals surface area contributed by atoms with Crippen molar-refractivity contribution in [3.05, 3.63) is 65.2 Å². The molecular formula is C34H46N2O6. The van der Waals surface area contributed by atoms with Crippen LogP contribution in [0.2, 0.25) is 0 Å². The Labute approximate surface area is 249 Å². The Balaban J connectivity index is 1.27. The van der Waals surface area contributed by atoms with E-state index in [4.69, 9.17) is 14.6 Å². The van der Waals surface area contributed by atoms with Crippen molar-refractivity contribution in [1.82, 2.24) is 4.90 Å². The molecule has 42 heavy (non-hydrogen) atoms. The van der Waals surface area contributed by atoms with Crippen molar-refractivity contribution in [1.29, 1.82) is 0 Å². The molecule has 2 unspecified atom stereocenters. The number of amides is 1. The molecule has 8 heteroatoms. The second-order valence-corrected chi connectivity index (χ2v) is 13.8. The zero-order valence-electron chi connectivity index (χ0n) is 25.2. The van der Waals surface area contributed by atoms with E-state index in [9.17, 15) is 14.7 Å². The number of carboxylic acids is 1. The van der Waals surface area contributed by atoms with Gasteiger partial charge in [0.15, 0.2) is 6.29 Å². The van der Waals surface area contributed by atoms with Crippen molar-refractivity contribution in [2.45, 2.75) is 103 Å². The highest BCUT2D eigenvalue weighted by molar-refractivity contribution is 5.90. The molecule has 3 aliphatic rings. The van der Waals surface area contributed by atoms with Gasteiger partial charge in [0, 0.05) is 49.6 Å². The summed E-state index contributed by atoms with van der Waals surface area (Å²) in [6.07, 6.45) is 5.20. The molecule has 8 nitrogen and oxygen atoms in total. The van der Waals surface area contributed by atoms with Crippen LogP contribution >= 0.6 is 0 Å². The third-order valence-electron chi connectivity index (χ3n) is 9.09. The first-order valence-electron chi connectivity index (χ1n) is 15.4. The predicted octanol–water partition coefficient (Wildman–Crippen LogP) is 6.21. The molecule has 5 rings (SSSR count). The first kappa shape index (κ1) is 30.7. The van der Waals surface area contributed by atoms with Crippen molar-refractivity contribution in [3.63, 3.8) is 0 Å². The topological polar surface area (TPSA) is 108 Å². The van der Waals surface area contributed by atoms with Gasteiger partial charge in [-0.2, -0.15) is 0 Å². The van der Waals surface area contributed by atoms with Gasteiger partial charge in [-0.15, -0.1) is 0 Å². The molecule has 228 valence electrons. The Hall–Kier alpha value is -2.78. The van der Waals surface area contributed by atoms with E-state index in [1.165, 1.54) is 19.3 Å². The number of carbonyl (C=O) groups excluding carboxylic acids is 1. The summed E-state index contributed by atoms with van der Waals surface area (Å²) < 4.78 is 13.2. The highest BCUT2D eigenvalue weighted by atomic mass is 16.7. The number of unbranched alkanes of at least 4 members (excludes halogenated alkanes) is 1. The predicted molar refractivity (Wildman–Crippen MR) is 161 cm³/mol. The first-order valence-corrected chi connectivity index (χ1v) is 15.4. The van der Waals surface area contributed by atoms with Crippen molar-refractivity contribution in [2.75, 3.05) is 18.4 Å². The lowest BCUT2D eigenvalue weighted by Crippen LogP contribution is -2.42. The maximum absolute atomic E-state index is 12.3. The average molecular weight is 579 g/mol. The molecule has 2 saturated heterocycles. The SMILES string of the molecule is CC1(C)CC2CC(C)(CN2C[C@H]2C[C@@H](c3ccc(CO)cc3)O[C@@H](c3ccc(NC(=O)CCCCC(=O)O)cc3)O2)C1. The summed E-state index contributed by atoms with van der Waals surface area (Å²) >= 11 is 0. The minimum atomic E-state index is -0.841. The van der Waals surface area contributed by atoms with Gasteiger partial charge in [0.25, 0.3) is 0 Å². The van der Waals surface area contributed by atoms with Gasteiger partial charge in [-0.3, -0.25) is 14.5 Å². The number of benzene rings is 2. The molecular weight excluding hydrogens is 532 g/mol. The Morgan fingerprint density at radius 1 is 0.952 bits per heavy atom. The van der Waals surface area contributed by atoms with Gasteiger partial charge in [0.1, 0.15) is 0 Å². The van der Waals surface area contributed by atoms with Crippen LogP contribution in [0.4, 0.5) is 5.69 Å². The molecule has 2 aromatic carbocycles. The van der Waals surface area contributed by atoms with Crippen LogP contribution in [0.1, 0.15) is 101 Å². The fraction of sp³-hybridized carbons (Fsp3) is 0.588. The molecule has 3 N–H and O–H groups in total. The van der Waals surface area contributed by atoms with E-state index in [1.807, 2.05) is 48.5 Å². The number of hydrogen-bond acceptors (Lipinski definition) is 6. The van der Waals surface area contributed by atoms with Crippen LogP contribution in [0, 0.1) is 10.8 Å². The lowest BCUT2D eigenvalue weighted by molar-refractivity contribution is -0.253. The number of anilines is 1. The van der Waals surface area contributed by atoms with Crippen molar-refractivity contribution < 1.29 is 29.3 Å². The Kier molecular flexibility index (Phi) is 9.38. The maximum atomic E-state index is 12.3. The largest absolute Gasteiger partial charge is 0.481 e. The molecule has 5 atom stereocenters. The van der Waals surface area contributed by atoms with E-state index >= 15 is 0 Å². The van der Waals surface area contributed by atoms with Gasteiger partial charge in [-0.05, 0) is 66.2 Å². The van der Waals surface area contributed by atoms with Gasteiger partial charge >= 0.3 is 5.97 Å². The van der Waals surface area contributed by atoms with E-state index in [2.05, 4.69) is 31.0 Å².